The third-order valence-corrected chi connectivity index (χ3v) is 2.03. The van der Waals surface area contributed by atoms with E-state index in [1.807, 2.05) is 6.07 Å². The fourth-order valence-corrected chi connectivity index (χ4v) is 1.43. The Morgan fingerprint density at radius 3 is 2.58 bits per heavy atom. The number of benzene rings is 1. The van der Waals surface area contributed by atoms with Gasteiger partial charge in [-0.2, -0.15) is 0 Å². The van der Waals surface area contributed by atoms with Crippen LogP contribution < -0.4 is 5.73 Å². The van der Waals surface area contributed by atoms with E-state index < -0.39 is 0 Å². The van der Waals surface area contributed by atoms with Crippen molar-refractivity contribution in [2.45, 2.75) is 6.54 Å². The highest BCUT2D eigenvalue weighted by atomic mass is 15.3. The quantitative estimate of drug-likeness (QED) is 0.582. The van der Waals surface area contributed by atoms with Crippen molar-refractivity contribution in [1.29, 1.82) is 0 Å². The number of nitrogens with zero attached hydrogens (tertiary/aromatic N) is 4. The smallest absolute Gasteiger partial charge is 0.143 e. The van der Waals surface area contributed by atoms with Gasteiger partial charge in [-0.1, -0.05) is 0 Å². The molecule has 58 valence electrons. The monoisotopic (exact) mass is 159 g/mol. The Labute approximate surface area is 68.0 Å². The van der Waals surface area contributed by atoms with Gasteiger partial charge >= 0.3 is 0 Å². The summed E-state index contributed by atoms with van der Waals surface area (Å²) in [5, 5.41) is 15.8. The normalized spacial score (nSPS) is 14.8. The van der Waals surface area contributed by atoms with Crippen LogP contribution in [0.1, 0.15) is 5.56 Å². The van der Waals surface area contributed by atoms with Crippen LogP contribution in [0.15, 0.2) is 26.5 Å². The molecule has 0 saturated heterocycles. The van der Waals surface area contributed by atoms with E-state index in [0.717, 1.165) is 28.3 Å². The molecule has 2 N–H and O–H groups in total. The average Bonchev–Trinajstić information content (AvgIpc) is 2.54. The van der Waals surface area contributed by atoms with Crippen LogP contribution in [0.4, 0.5) is 22.7 Å². The van der Waals surface area contributed by atoms with E-state index in [1.54, 1.807) is 0 Å². The summed E-state index contributed by atoms with van der Waals surface area (Å²) in [5.41, 5.74) is 9.65. The minimum atomic E-state index is 0.458. The second-order valence-corrected chi connectivity index (χ2v) is 2.70. The van der Waals surface area contributed by atoms with Crippen molar-refractivity contribution in [3.05, 3.63) is 11.6 Å². The van der Waals surface area contributed by atoms with Gasteiger partial charge in [0, 0.05) is 6.54 Å². The minimum absolute atomic E-state index is 0.458. The SMILES string of the molecule is NCc1cc2c3c(c1N=N3)N=N2. The van der Waals surface area contributed by atoms with Gasteiger partial charge in [0.15, 0.2) is 0 Å². The van der Waals surface area contributed by atoms with Crippen LogP contribution >= 0.6 is 0 Å². The molecule has 1 aromatic carbocycles. The molecule has 2 heterocycles. The Morgan fingerprint density at radius 2 is 1.75 bits per heavy atom. The third kappa shape index (κ3) is 0.495. The molecule has 4 bridgehead atoms. The molecule has 3 rings (SSSR count). The van der Waals surface area contributed by atoms with E-state index in [4.69, 9.17) is 5.73 Å². The highest BCUT2D eigenvalue weighted by Gasteiger charge is 2.26. The van der Waals surface area contributed by atoms with E-state index >= 15 is 0 Å². The predicted octanol–water partition coefficient (Wildman–Crippen LogP) is 2.60. The molecular formula is C7H5N5. The van der Waals surface area contributed by atoms with Gasteiger partial charge in [0.25, 0.3) is 0 Å². The van der Waals surface area contributed by atoms with Crippen LogP contribution in [-0.4, -0.2) is 0 Å². The van der Waals surface area contributed by atoms with E-state index in [0.29, 0.717) is 6.54 Å². The van der Waals surface area contributed by atoms with Crippen molar-refractivity contribution < 1.29 is 0 Å². The summed E-state index contributed by atoms with van der Waals surface area (Å²) in [4.78, 5) is 0. The molecule has 0 unspecified atom stereocenters. The predicted molar refractivity (Wildman–Crippen MR) is 42.7 cm³/mol. The molecule has 0 aromatic heterocycles. The zero-order valence-corrected chi connectivity index (χ0v) is 6.15. The molecule has 0 fully saturated rings. The first-order valence-corrected chi connectivity index (χ1v) is 3.63. The van der Waals surface area contributed by atoms with E-state index in [1.165, 1.54) is 0 Å². The average molecular weight is 159 g/mol. The summed E-state index contributed by atoms with van der Waals surface area (Å²) in [6.45, 7) is 0.458. The summed E-state index contributed by atoms with van der Waals surface area (Å²) >= 11 is 0. The maximum Gasteiger partial charge on any atom is 0.143 e. The van der Waals surface area contributed by atoms with E-state index in [-0.39, 0.29) is 0 Å². The summed E-state index contributed by atoms with van der Waals surface area (Å²) in [6.07, 6.45) is 0. The summed E-state index contributed by atoms with van der Waals surface area (Å²) in [5.74, 6) is 0. The first-order chi connectivity index (χ1) is 5.90. The molecule has 0 saturated carbocycles. The fraction of sp³-hybridized carbons (Fsp3) is 0.143. The van der Waals surface area contributed by atoms with Crippen LogP contribution in [0.2, 0.25) is 0 Å². The molecule has 0 radical (unpaired) electrons. The molecule has 0 atom stereocenters. The van der Waals surface area contributed by atoms with Gasteiger partial charge in [0.05, 0.1) is 0 Å². The van der Waals surface area contributed by atoms with Crippen LogP contribution in [0.5, 0.6) is 0 Å². The highest BCUT2D eigenvalue weighted by molar-refractivity contribution is 5.90. The topological polar surface area (TPSA) is 75.5 Å². The maximum absolute atomic E-state index is 5.53. The lowest BCUT2D eigenvalue weighted by Gasteiger charge is -1.97. The molecule has 1 aromatic rings. The Morgan fingerprint density at radius 1 is 1.00 bits per heavy atom. The standard InChI is InChI=1S/C7H5N5/c8-2-3-1-4-6-7(12-9-4)5(3)10-11-6/h1H,2,8H2. The summed E-state index contributed by atoms with van der Waals surface area (Å²) in [6, 6.07) is 1.89. The van der Waals surface area contributed by atoms with Crippen molar-refractivity contribution >= 4 is 22.7 Å². The fourth-order valence-electron chi connectivity index (χ4n) is 1.43. The number of hydrogen-bond donors (Lipinski definition) is 1. The lowest BCUT2D eigenvalue weighted by atomic mass is 10.1. The van der Waals surface area contributed by atoms with Gasteiger partial charge in [0.2, 0.25) is 0 Å². The molecule has 2 aliphatic heterocycles. The van der Waals surface area contributed by atoms with Crippen molar-refractivity contribution in [2.75, 3.05) is 0 Å². The first-order valence-electron chi connectivity index (χ1n) is 3.63. The van der Waals surface area contributed by atoms with Crippen LogP contribution in [-0.2, 0) is 6.54 Å². The van der Waals surface area contributed by atoms with Gasteiger partial charge in [0.1, 0.15) is 22.7 Å². The number of hydrogen-bond acceptors (Lipinski definition) is 5. The largest absolute Gasteiger partial charge is 0.326 e. The second-order valence-electron chi connectivity index (χ2n) is 2.70. The second kappa shape index (κ2) is 1.75. The van der Waals surface area contributed by atoms with Crippen LogP contribution in [0.25, 0.3) is 0 Å². The van der Waals surface area contributed by atoms with E-state index in [2.05, 4.69) is 20.5 Å². The van der Waals surface area contributed by atoms with Gasteiger partial charge in [-0.3, -0.25) is 0 Å². The third-order valence-electron chi connectivity index (χ3n) is 2.03. The maximum atomic E-state index is 5.53. The number of nitrogens with two attached hydrogens (primary N) is 1. The lowest BCUT2D eigenvalue weighted by molar-refractivity contribution is 1.07. The van der Waals surface area contributed by atoms with E-state index in [9.17, 15) is 0 Å². The molecule has 0 spiro atoms. The Balaban J connectivity index is 2.44. The Kier molecular flexibility index (Phi) is 0.871. The van der Waals surface area contributed by atoms with Crippen LogP contribution in [0.3, 0.4) is 0 Å². The zero-order chi connectivity index (χ0) is 8.13. The lowest BCUT2D eigenvalue weighted by Crippen LogP contribution is -1.94. The molecule has 5 nitrogen and oxygen atoms in total. The number of rotatable bonds is 1. The Hall–Kier alpha value is -1.62. The molecule has 12 heavy (non-hydrogen) atoms. The van der Waals surface area contributed by atoms with Crippen molar-refractivity contribution in [3.8, 4) is 0 Å². The van der Waals surface area contributed by atoms with Gasteiger partial charge < -0.3 is 5.73 Å². The molecular weight excluding hydrogens is 154 g/mol. The minimum Gasteiger partial charge on any atom is -0.326 e. The first kappa shape index (κ1) is 5.96. The van der Waals surface area contributed by atoms with Gasteiger partial charge in [-0.05, 0) is 11.6 Å². The molecule has 0 amide bonds. The molecule has 5 heteroatoms. The number of azo groups is 2. The summed E-state index contributed by atoms with van der Waals surface area (Å²) in [7, 11) is 0. The van der Waals surface area contributed by atoms with Crippen LogP contribution in [0, 0.1) is 0 Å². The van der Waals surface area contributed by atoms with Crippen molar-refractivity contribution in [1.82, 2.24) is 0 Å². The van der Waals surface area contributed by atoms with Crippen molar-refractivity contribution in [2.24, 2.45) is 26.2 Å². The summed E-state index contributed by atoms with van der Waals surface area (Å²) < 4.78 is 0. The zero-order valence-electron chi connectivity index (χ0n) is 6.15. The van der Waals surface area contributed by atoms with Gasteiger partial charge in [-0.15, -0.1) is 20.5 Å². The van der Waals surface area contributed by atoms with Gasteiger partial charge in [-0.25, -0.2) is 0 Å². The molecule has 0 aliphatic carbocycles. The highest BCUT2D eigenvalue weighted by Crippen LogP contribution is 2.56. The molecule has 2 aliphatic rings. The Bertz CT molecular complexity index is 432. The van der Waals surface area contributed by atoms with Crippen molar-refractivity contribution in [3.63, 3.8) is 0 Å².